The van der Waals surface area contributed by atoms with Gasteiger partial charge in [-0.15, -0.1) is 0 Å². The summed E-state index contributed by atoms with van der Waals surface area (Å²) in [5, 5.41) is 1.09. The fourth-order valence-electron chi connectivity index (χ4n) is 0.904. The van der Waals surface area contributed by atoms with E-state index >= 15 is 0 Å². The topological polar surface area (TPSA) is 9.23 Å². The SMILES string of the molecule is CCC(CBr)CC(C)OC. The van der Waals surface area contributed by atoms with Crippen LogP contribution in [0.5, 0.6) is 0 Å². The Kier molecular flexibility index (Phi) is 6.44. The zero-order chi connectivity index (χ0) is 7.98. The van der Waals surface area contributed by atoms with Crippen molar-refractivity contribution in [1.82, 2.24) is 0 Å². The lowest BCUT2D eigenvalue weighted by Gasteiger charge is -2.15. The molecule has 0 saturated heterocycles. The van der Waals surface area contributed by atoms with Crippen molar-refractivity contribution in [3.63, 3.8) is 0 Å². The van der Waals surface area contributed by atoms with Gasteiger partial charge in [0.05, 0.1) is 6.10 Å². The van der Waals surface area contributed by atoms with Crippen LogP contribution in [0.4, 0.5) is 0 Å². The number of hydrogen-bond acceptors (Lipinski definition) is 1. The Morgan fingerprint density at radius 2 is 2.10 bits per heavy atom. The summed E-state index contributed by atoms with van der Waals surface area (Å²) in [5.41, 5.74) is 0. The molecule has 0 bridgehead atoms. The Morgan fingerprint density at radius 1 is 1.50 bits per heavy atom. The molecule has 0 aromatic heterocycles. The highest BCUT2D eigenvalue weighted by Gasteiger charge is 2.08. The first-order valence-electron chi connectivity index (χ1n) is 3.83. The molecule has 62 valence electrons. The molecule has 2 heteroatoms. The highest BCUT2D eigenvalue weighted by molar-refractivity contribution is 9.09. The molecule has 0 radical (unpaired) electrons. The fourth-order valence-corrected chi connectivity index (χ4v) is 1.63. The average molecular weight is 209 g/mol. The van der Waals surface area contributed by atoms with Crippen LogP contribution < -0.4 is 0 Å². The number of alkyl halides is 1. The van der Waals surface area contributed by atoms with Gasteiger partial charge in [0.15, 0.2) is 0 Å². The van der Waals surface area contributed by atoms with Crippen molar-refractivity contribution in [3.05, 3.63) is 0 Å². The van der Waals surface area contributed by atoms with Gasteiger partial charge in [0, 0.05) is 12.4 Å². The molecular formula is C8H17BrO. The van der Waals surface area contributed by atoms with Crippen molar-refractivity contribution >= 4 is 15.9 Å². The minimum Gasteiger partial charge on any atom is -0.382 e. The summed E-state index contributed by atoms with van der Waals surface area (Å²) in [7, 11) is 1.77. The van der Waals surface area contributed by atoms with E-state index in [1.165, 1.54) is 6.42 Å². The maximum atomic E-state index is 5.16. The van der Waals surface area contributed by atoms with E-state index in [1.807, 2.05) is 0 Å². The highest BCUT2D eigenvalue weighted by Crippen LogP contribution is 2.14. The second kappa shape index (κ2) is 6.17. The van der Waals surface area contributed by atoms with Crippen LogP contribution in [0.15, 0.2) is 0 Å². The third kappa shape index (κ3) is 4.29. The molecule has 0 aromatic carbocycles. The predicted molar refractivity (Wildman–Crippen MR) is 48.7 cm³/mol. The third-order valence-corrected chi connectivity index (χ3v) is 2.78. The molecular weight excluding hydrogens is 192 g/mol. The van der Waals surface area contributed by atoms with E-state index in [4.69, 9.17) is 4.74 Å². The summed E-state index contributed by atoms with van der Waals surface area (Å²) in [6.45, 7) is 4.33. The van der Waals surface area contributed by atoms with Crippen LogP contribution in [0.3, 0.4) is 0 Å². The number of rotatable bonds is 5. The molecule has 10 heavy (non-hydrogen) atoms. The van der Waals surface area contributed by atoms with Crippen molar-refractivity contribution in [2.75, 3.05) is 12.4 Å². The summed E-state index contributed by atoms with van der Waals surface area (Å²) >= 11 is 3.48. The van der Waals surface area contributed by atoms with Gasteiger partial charge in [-0.3, -0.25) is 0 Å². The Labute approximate surface area is 72.3 Å². The van der Waals surface area contributed by atoms with Gasteiger partial charge in [0.2, 0.25) is 0 Å². The van der Waals surface area contributed by atoms with Gasteiger partial charge in [0.1, 0.15) is 0 Å². The quantitative estimate of drug-likeness (QED) is 0.632. The van der Waals surface area contributed by atoms with Gasteiger partial charge < -0.3 is 4.74 Å². The Hall–Kier alpha value is 0.440. The van der Waals surface area contributed by atoms with Crippen molar-refractivity contribution in [2.45, 2.75) is 32.8 Å². The van der Waals surface area contributed by atoms with Gasteiger partial charge in [-0.1, -0.05) is 29.3 Å². The van der Waals surface area contributed by atoms with E-state index in [1.54, 1.807) is 7.11 Å². The summed E-state index contributed by atoms with van der Waals surface area (Å²) in [4.78, 5) is 0. The first kappa shape index (κ1) is 10.4. The van der Waals surface area contributed by atoms with Gasteiger partial charge in [0.25, 0.3) is 0 Å². The van der Waals surface area contributed by atoms with Crippen molar-refractivity contribution in [2.24, 2.45) is 5.92 Å². The van der Waals surface area contributed by atoms with E-state index in [9.17, 15) is 0 Å². The zero-order valence-electron chi connectivity index (χ0n) is 7.06. The van der Waals surface area contributed by atoms with Crippen molar-refractivity contribution in [3.8, 4) is 0 Å². The molecule has 2 unspecified atom stereocenters. The van der Waals surface area contributed by atoms with Crippen LogP contribution in [0, 0.1) is 5.92 Å². The molecule has 0 rings (SSSR count). The van der Waals surface area contributed by atoms with Crippen LogP contribution in [0.25, 0.3) is 0 Å². The van der Waals surface area contributed by atoms with Crippen LogP contribution in [-0.2, 0) is 4.74 Å². The summed E-state index contributed by atoms with van der Waals surface area (Å²) in [6, 6.07) is 0. The molecule has 2 atom stereocenters. The summed E-state index contributed by atoms with van der Waals surface area (Å²) < 4.78 is 5.16. The van der Waals surface area contributed by atoms with E-state index in [-0.39, 0.29) is 0 Å². The Balaban J connectivity index is 3.41. The largest absolute Gasteiger partial charge is 0.382 e. The van der Waals surface area contributed by atoms with Gasteiger partial charge >= 0.3 is 0 Å². The summed E-state index contributed by atoms with van der Waals surface area (Å²) in [6.07, 6.45) is 2.81. The molecule has 0 spiro atoms. The molecule has 0 heterocycles. The van der Waals surface area contributed by atoms with E-state index < -0.39 is 0 Å². The predicted octanol–water partition coefficient (Wildman–Crippen LogP) is 2.83. The van der Waals surface area contributed by atoms with Crippen molar-refractivity contribution in [1.29, 1.82) is 0 Å². The lowest BCUT2D eigenvalue weighted by molar-refractivity contribution is 0.0976. The van der Waals surface area contributed by atoms with Crippen molar-refractivity contribution < 1.29 is 4.74 Å². The third-order valence-electron chi connectivity index (χ3n) is 1.86. The zero-order valence-corrected chi connectivity index (χ0v) is 8.65. The molecule has 0 aliphatic heterocycles. The lowest BCUT2D eigenvalue weighted by atomic mass is 10.0. The number of hydrogen-bond donors (Lipinski definition) is 0. The molecule has 0 amide bonds. The van der Waals surface area contributed by atoms with Crippen LogP contribution in [0.2, 0.25) is 0 Å². The second-order valence-corrected chi connectivity index (χ2v) is 3.36. The summed E-state index contributed by atoms with van der Waals surface area (Å²) in [5.74, 6) is 0.773. The van der Waals surface area contributed by atoms with Gasteiger partial charge in [-0.05, 0) is 19.3 Å². The maximum absolute atomic E-state index is 5.16. The smallest absolute Gasteiger partial charge is 0.0546 e. The monoisotopic (exact) mass is 208 g/mol. The van der Waals surface area contributed by atoms with Gasteiger partial charge in [-0.25, -0.2) is 0 Å². The Morgan fingerprint density at radius 3 is 2.40 bits per heavy atom. The standard InChI is InChI=1S/C8H17BrO/c1-4-8(6-9)5-7(2)10-3/h7-8H,4-6H2,1-3H3. The molecule has 0 aliphatic carbocycles. The van der Waals surface area contributed by atoms with Crippen LogP contribution >= 0.6 is 15.9 Å². The van der Waals surface area contributed by atoms with Gasteiger partial charge in [-0.2, -0.15) is 0 Å². The molecule has 0 aromatic rings. The van der Waals surface area contributed by atoms with E-state index in [2.05, 4.69) is 29.8 Å². The first-order valence-corrected chi connectivity index (χ1v) is 4.95. The number of ether oxygens (including phenoxy) is 1. The second-order valence-electron chi connectivity index (χ2n) is 2.71. The average Bonchev–Trinajstić information content (AvgIpc) is 1.99. The molecule has 1 nitrogen and oxygen atoms in total. The van der Waals surface area contributed by atoms with Crippen LogP contribution in [-0.4, -0.2) is 18.5 Å². The number of methoxy groups -OCH3 is 1. The first-order chi connectivity index (χ1) is 4.74. The van der Waals surface area contributed by atoms with E-state index in [0.29, 0.717) is 6.10 Å². The lowest BCUT2D eigenvalue weighted by Crippen LogP contribution is -2.12. The normalized spacial score (nSPS) is 16.8. The fraction of sp³-hybridized carbons (Fsp3) is 1.00. The van der Waals surface area contributed by atoms with Crippen LogP contribution in [0.1, 0.15) is 26.7 Å². The Bertz CT molecular complexity index is 71.7. The maximum Gasteiger partial charge on any atom is 0.0546 e. The molecule has 0 saturated carbocycles. The highest BCUT2D eigenvalue weighted by atomic mass is 79.9. The minimum absolute atomic E-state index is 0.405. The van der Waals surface area contributed by atoms with E-state index in [0.717, 1.165) is 17.7 Å². The molecule has 0 fully saturated rings. The minimum atomic E-state index is 0.405. The number of halogens is 1. The molecule has 0 N–H and O–H groups in total. The molecule has 0 aliphatic rings.